The summed E-state index contributed by atoms with van der Waals surface area (Å²) in [5, 5.41) is 18.7. The van der Waals surface area contributed by atoms with Crippen LogP contribution in [-0.4, -0.2) is 23.8 Å². The highest BCUT2D eigenvalue weighted by Crippen LogP contribution is 2.24. The van der Waals surface area contributed by atoms with Crippen LogP contribution in [0.2, 0.25) is 0 Å². The highest BCUT2D eigenvalue weighted by Gasteiger charge is 2.35. The van der Waals surface area contributed by atoms with E-state index in [1.807, 2.05) is 19.9 Å². The lowest BCUT2D eigenvalue weighted by atomic mass is 9.82. The number of hydrogen-bond donors (Lipinski definition) is 1. The van der Waals surface area contributed by atoms with Crippen LogP contribution in [0.5, 0.6) is 0 Å². The first-order chi connectivity index (χ1) is 7.76. The third kappa shape index (κ3) is 3.59. The molecule has 0 saturated carbocycles. The largest absolute Gasteiger partial charge is 0.427 e. The number of nitriles is 1. The minimum atomic E-state index is -0.948. The lowest BCUT2D eigenvalue weighted by Gasteiger charge is -2.37. The molecule has 0 aliphatic rings. The van der Waals surface area contributed by atoms with Crippen LogP contribution in [0.1, 0.15) is 33.3 Å². The fourth-order valence-electron chi connectivity index (χ4n) is 1.04. The summed E-state index contributed by atoms with van der Waals surface area (Å²) in [6, 6.07) is 9.19. The van der Waals surface area contributed by atoms with Crippen molar-refractivity contribution in [2.45, 2.75) is 38.9 Å². The van der Waals surface area contributed by atoms with Gasteiger partial charge in [-0.15, -0.1) is 0 Å². The van der Waals surface area contributed by atoms with Crippen molar-refractivity contribution >= 4 is 12.9 Å². The van der Waals surface area contributed by atoms with Crippen molar-refractivity contribution in [1.82, 2.24) is 0 Å². The first-order valence-corrected chi connectivity index (χ1v) is 5.50. The van der Waals surface area contributed by atoms with Crippen LogP contribution in [0, 0.1) is 11.3 Å². The molecule has 1 radical (unpaired) electrons. The van der Waals surface area contributed by atoms with Crippen molar-refractivity contribution in [3.05, 3.63) is 29.8 Å². The quantitative estimate of drug-likeness (QED) is 0.794. The van der Waals surface area contributed by atoms with Gasteiger partial charge in [-0.25, -0.2) is 0 Å². The molecular formula is C13H17BNO2. The average molecular weight is 230 g/mol. The summed E-state index contributed by atoms with van der Waals surface area (Å²) in [6.45, 7) is 7.04. The molecule has 0 saturated heterocycles. The third-order valence-electron chi connectivity index (χ3n) is 2.98. The molecule has 3 nitrogen and oxygen atoms in total. The Morgan fingerprint density at radius 2 is 1.94 bits per heavy atom. The molecule has 1 N–H and O–H groups in total. The summed E-state index contributed by atoms with van der Waals surface area (Å²) < 4.78 is 5.60. The van der Waals surface area contributed by atoms with Gasteiger partial charge in [0.15, 0.2) is 0 Å². The number of nitrogens with zero attached hydrogens (tertiary/aromatic N) is 1. The Kier molecular flexibility index (Phi) is 3.97. The van der Waals surface area contributed by atoms with E-state index in [0.29, 0.717) is 5.56 Å². The van der Waals surface area contributed by atoms with Crippen LogP contribution < -0.4 is 5.46 Å². The topological polar surface area (TPSA) is 53.2 Å². The van der Waals surface area contributed by atoms with Crippen LogP contribution in [0.15, 0.2) is 24.3 Å². The zero-order valence-electron chi connectivity index (χ0n) is 10.7. The third-order valence-corrected chi connectivity index (χ3v) is 2.98. The van der Waals surface area contributed by atoms with Crippen LogP contribution in [0.4, 0.5) is 0 Å². The van der Waals surface area contributed by atoms with Crippen molar-refractivity contribution in [3.8, 4) is 6.07 Å². The van der Waals surface area contributed by atoms with Gasteiger partial charge in [0.1, 0.15) is 0 Å². The SMILES string of the molecule is CC(C)(O)C(C)(C)O[B]c1cccc(C#N)c1. The van der Waals surface area contributed by atoms with Gasteiger partial charge in [-0.2, -0.15) is 5.26 Å². The molecule has 0 aliphatic carbocycles. The van der Waals surface area contributed by atoms with Gasteiger partial charge in [-0.1, -0.05) is 17.6 Å². The normalized spacial score (nSPS) is 12.0. The van der Waals surface area contributed by atoms with Crippen LogP contribution >= 0.6 is 0 Å². The molecule has 0 aliphatic heterocycles. The van der Waals surface area contributed by atoms with Gasteiger partial charge >= 0.3 is 7.48 Å². The number of aliphatic hydroxyl groups is 1. The first-order valence-electron chi connectivity index (χ1n) is 5.50. The van der Waals surface area contributed by atoms with E-state index in [-0.39, 0.29) is 0 Å². The predicted molar refractivity (Wildman–Crippen MR) is 68.0 cm³/mol. The zero-order chi connectivity index (χ0) is 13.1. The van der Waals surface area contributed by atoms with Gasteiger partial charge in [-0.05, 0) is 39.8 Å². The van der Waals surface area contributed by atoms with Crippen molar-refractivity contribution in [3.63, 3.8) is 0 Å². The highest BCUT2D eigenvalue weighted by molar-refractivity contribution is 6.47. The average Bonchev–Trinajstić information content (AvgIpc) is 2.25. The summed E-state index contributed by atoms with van der Waals surface area (Å²) in [7, 11) is 1.57. The maximum atomic E-state index is 9.93. The van der Waals surface area contributed by atoms with Gasteiger partial charge in [0.25, 0.3) is 0 Å². The Balaban J connectivity index is 2.71. The second kappa shape index (κ2) is 4.91. The van der Waals surface area contributed by atoms with Gasteiger partial charge in [-0.3, -0.25) is 0 Å². The van der Waals surface area contributed by atoms with E-state index in [1.165, 1.54) is 0 Å². The molecule has 0 fully saturated rings. The molecule has 0 spiro atoms. The molecule has 0 unspecified atom stereocenters. The molecule has 0 heterocycles. The summed E-state index contributed by atoms with van der Waals surface area (Å²) in [5.74, 6) is 0. The molecule has 0 atom stereocenters. The summed E-state index contributed by atoms with van der Waals surface area (Å²) in [6.07, 6.45) is 0. The molecule has 4 heteroatoms. The van der Waals surface area contributed by atoms with Gasteiger partial charge < -0.3 is 9.76 Å². The van der Waals surface area contributed by atoms with Gasteiger partial charge in [0.05, 0.1) is 22.8 Å². The first kappa shape index (κ1) is 13.8. The van der Waals surface area contributed by atoms with Crippen LogP contribution in [0.25, 0.3) is 0 Å². The standard InChI is InChI=1S/C13H17BNO2/c1-12(2,16)13(3,4)17-14-11-7-5-6-10(8-11)9-15/h5-8,16H,1-4H3. The van der Waals surface area contributed by atoms with Gasteiger partial charge in [0.2, 0.25) is 0 Å². The van der Waals surface area contributed by atoms with Crippen LogP contribution in [-0.2, 0) is 4.65 Å². The summed E-state index contributed by atoms with van der Waals surface area (Å²) >= 11 is 0. The molecule has 0 bridgehead atoms. The monoisotopic (exact) mass is 230 g/mol. The Labute approximate surface area is 103 Å². The molecule has 89 valence electrons. The highest BCUT2D eigenvalue weighted by atomic mass is 16.5. The van der Waals surface area contributed by atoms with Crippen molar-refractivity contribution in [2.75, 3.05) is 0 Å². The van der Waals surface area contributed by atoms with Crippen molar-refractivity contribution in [1.29, 1.82) is 5.26 Å². The van der Waals surface area contributed by atoms with E-state index in [0.717, 1.165) is 5.46 Å². The number of benzene rings is 1. The minimum Gasteiger partial charge on any atom is -0.427 e. The Morgan fingerprint density at radius 3 is 2.47 bits per heavy atom. The smallest absolute Gasteiger partial charge is 0.330 e. The van der Waals surface area contributed by atoms with Crippen molar-refractivity contribution < 1.29 is 9.76 Å². The Hall–Kier alpha value is -1.31. The Morgan fingerprint density at radius 1 is 1.29 bits per heavy atom. The van der Waals surface area contributed by atoms with Crippen LogP contribution in [0.3, 0.4) is 0 Å². The zero-order valence-corrected chi connectivity index (χ0v) is 10.7. The van der Waals surface area contributed by atoms with E-state index in [1.54, 1.807) is 39.5 Å². The minimum absolute atomic E-state index is 0.586. The van der Waals surface area contributed by atoms with E-state index >= 15 is 0 Å². The van der Waals surface area contributed by atoms with E-state index in [9.17, 15) is 5.11 Å². The predicted octanol–water partition coefficient (Wildman–Crippen LogP) is 1.37. The number of hydrogen-bond acceptors (Lipinski definition) is 3. The molecule has 0 amide bonds. The molecular weight excluding hydrogens is 213 g/mol. The molecule has 1 aromatic rings. The maximum absolute atomic E-state index is 9.93. The molecule has 0 aromatic heterocycles. The molecule has 1 aromatic carbocycles. The van der Waals surface area contributed by atoms with E-state index in [4.69, 9.17) is 9.92 Å². The molecule has 1 rings (SSSR count). The maximum Gasteiger partial charge on any atom is 0.330 e. The molecule has 17 heavy (non-hydrogen) atoms. The van der Waals surface area contributed by atoms with E-state index < -0.39 is 11.2 Å². The second-order valence-corrected chi connectivity index (χ2v) is 5.04. The van der Waals surface area contributed by atoms with E-state index in [2.05, 4.69) is 6.07 Å². The lowest BCUT2D eigenvalue weighted by Crippen LogP contribution is -2.49. The van der Waals surface area contributed by atoms with Gasteiger partial charge in [0, 0.05) is 0 Å². The Bertz CT molecular complexity index is 430. The summed E-state index contributed by atoms with van der Waals surface area (Å²) in [5.41, 5.74) is -0.254. The second-order valence-electron chi connectivity index (χ2n) is 5.04. The van der Waals surface area contributed by atoms with Crippen molar-refractivity contribution in [2.24, 2.45) is 0 Å². The number of rotatable bonds is 4. The fraction of sp³-hybridized carbons (Fsp3) is 0.462. The fourth-order valence-corrected chi connectivity index (χ4v) is 1.04. The lowest BCUT2D eigenvalue weighted by molar-refractivity contribution is -0.0893. The summed E-state index contributed by atoms with van der Waals surface area (Å²) in [4.78, 5) is 0.